The molecule has 25 heavy (non-hydrogen) atoms. The molecule has 0 aliphatic carbocycles. The minimum Gasteiger partial charge on any atom is -0.444 e. The van der Waals surface area contributed by atoms with Crippen LogP contribution in [0.15, 0.2) is 60.7 Å². The van der Waals surface area contributed by atoms with E-state index in [1.165, 1.54) is 0 Å². The summed E-state index contributed by atoms with van der Waals surface area (Å²) in [5.41, 5.74) is 5.78. The molecule has 0 bridgehead atoms. The monoisotopic (exact) mass is 343 g/mol. The summed E-state index contributed by atoms with van der Waals surface area (Å²) >= 11 is 0. The molecule has 0 spiro atoms. The van der Waals surface area contributed by atoms with Crippen LogP contribution in [0.1, 0.15) is 51.7 Å². The number of hydrogen-bond donors (Lipinski definition) is 2. The van der Waals surface area contributed by atoms with Gasteiger partial charge in [-0.15, -0.1) is 0 Å². The van der Waals surface area contributed by atoms with Gasteiger partial charge in [-0.3, -0.25) is 0 Å². The van der Waals surface area contributed by atoms with Crippen molar-refractivity contribution in [3.63, 3.8) is 0 Å². The Hall–Kier alpha value is -2.33. The second kappa shape index (κ2) is 8.67. The Morgan fingerprint density at radius 2 is 1.24 bits per heavy atom. The Balaban J connectivity index is 0.000000333. The van der Waals surface area contributed by atoms with Gasteiger partial charge in [0, 0.05) is 5.92 Å². The van der Waals surface area contributed by atoms with Crippen molar-refractivity contribution in [3.05, 3.63) is 71.8 Å². The first-order chi connectivity index (χ1) is 11.5. The molecule has 0 saturated heterocycles. The van der Waals surface area contributed by atoms with E-state index in [9.17, 15) is 9.90 Å². The third-order valence-electron chi connectivity index (χ3n) is 3.38. The molecule has 0 aliphatic heterocycles. The Labute approximate surface area is 150 Å². The molecule has 3 N–H and O–H groups in total. The van der Waals surface area contributed by atoms with Crippen LogP contribution in [0.5, 0.6) is 0 Å². The Bertz CT molecular complexity index is 601. The van der Waals surface area contributed by atoms with Crippen LogP contribution in [0.4, 0.5) is 4.79 Å². The van der Waals surface area contributed by atoms with Gasteiger partial charge in [-0.1, -0.05) is 60.7 Å². The van der Waals surface area contributed by atoms with Crippen molar-refractivity contribution in [2.24, 2.45) is 5.73 Å². The molecule has 2 rings (SSSR count). The van der Waals surface area contributed by atoms with Gasteiger partial charge in [0.1, 0.15) is 5.60 Å². The number of benzene rings is 2. The van der Waals surface area contributed by atoms with Crippen LogP contribution in [-0.4, -0.2) is 22.4 Å². The van der Waals surface area contributed by atoms with E-state index in [0.29, 0.717) is 0 Å². The molecule has 0 aliphatic rings. The summed E-state index contributed by atoms with van der Waals surface area (Å²) in [6, 6.07) is 20.3. The molecule has 136 valence electrons. The van der Waals surface area contributed by atoms with Crippen molar-refractivity contribution in [1.29, 1.82) is 0 Å². The largest absolute Gasteiger partial charge is 0.444 e. The average Bonchev–Trinajstić information content (AvgIpc) is 2.46. The average molecular weight is 343 g/mol. The van der Waals surface area contributed by atoms with Crippen molar-refractivity contribution in [3.8, 4) is 0 Å². The van der Waals surface area contributed by atoms with Crippen molar-refractivity contribution >= 4 is 6.09 Å². The quantitative estimate of drug-likeness (QED) is 0.863. The number of rotatable bonds is 3. The Kier molecular flexibility index (Phi) is 7.19. The predicted molar refractivity (Wildman–Crippen MR) is 101 cm³/mol. The number of hydrogen-bond acceptors (Lipinski definition) is 3. The molecule has 1 amide bonds. The molecule has 0 atom stereocenters. The van der Waals surface area contributed by atoms with E-state index in [1.54, 1.807) is 20.8 Å². The molecule has 4 nitrogen and oxygen atoms in total. The fourth-order valence-corrected chi connectivity index (χ4v) is 2.60. The van der Waals surface area contributed by atoms with Crippen molar-refractivity contribution in [2.45, 2.75) is 51.7 Å². The molecule has 0 radical (unpaired) electrons. The summed E-state index contributed by atoms with van der Waals surface area (Å²) in [6.07, 6.45) is -0.725. The highest BCUT2D eigenvalue weighted by molar-refractivity contribution is 5.65. The number of primary amides is 1. The minimum absolute atomic E-state index is 0.00454. The van der Waals surface area contributed by atoms with Gasteiger partial charge in [-0.2, -0.15) is 0 Å². The summed E-state index contributed by atoms with van der Waals surface area (Å²) in [7, 11) is 0. The minimum atomic E-state index is -0.775. The topological polar surface area (TPSA) is 72.5 Å². The lowest BCUT2D eigenvalue weighted by Gasteiger charge is -2.30. The molecule has 4 heteroatoms. The summed E-state index contributed by atoms with van der Waals surface area (Å²) < 4.78 is 4.58. The van der Waals surface area contributed by atoms with E-state index in [4.69, 9.17) is 5.73 Å². The zero-order valence-corrected chi connectivity index (χ0v) is 15.7. The van der Waals surface area contributed by atoms with Crippen LogP contribution in [0.2, 0.25) is 0 Å². The number of amides is 1. The van der Waals surface area contributed by atoms with E-state index in [1.807, 2.05) is 50.2 Å². The van der Waals surface area contributed by atoms with Crippen LogP contribution in [-0.2, 0) is 4.74 Å². The van der Waals surface area contributed by atoms with Gasteiger partial charge in [0.05, 0.1) is 5.60 Å². The van der Waals surface area contributed by atoms with Crippen molar-refractivity contribution in [1.82, 2.24) is 0 Å². The molecule has 0 saturated carbocycles. The van der Waals surface area contributed by atoms with Gasteiger partial charge in [0.25, 0.3) is 0 Å². The van der Waals surface area contributed by atoms with Gasteiger partial charge in [-0.25, -0.2) is 4.79 Å². The second-order valence-corrected chi connectivity index (χ2v) is 7.44. The van der Waals surface area contributed by atoms with Crippen LogP contribution < -0.4 is 5.73 Å². The predicted octanol–water partition coefficient (Wildman–Crippen LogP) is 4.47. The van der Waals surface area contributed by atoms with Gasteiger partial charge in [-0.05, 0) is 45.7 Å². The Morgan fingerprint density at radius 1 is 0.880 bits per heavy atom. The maximum absolute atomic E-state index is 10.4. The normalized spacial score (nSPS) is 11.5. The summed E-state index contributed by atoms with van der Waals surface area (Å²) in [5, 5.41) is 10.4. The molecule has 2 aromatic rings. The molecular formula is C21H29NO3. The lowest BCUT2D eigenvalue weighted by Crippen LogP contribution is -2.29. The van der Waals surface area contributed by atoms with Crippen LogP contribution >= 0.6 is 0 Å². The van der Waals surface area contributed by atoms with E-state index >= 15 is 0 Å². The number of aliphatic hydroxyl groups is 1. The summed E-state index contributed by atoms with van der Waals surface area (Å²) in [6.45, 7) is 9.00. The van der Waals surface area contributed by atoms with Crippen molar-refractivity contribution < 1.29 is 14.6 Å². The van der Waals surface area contributed by atoms with Crippen LogP contribution in [0.3, 0.4) is 0 Å². The highest BCUT2D eigenvalue weighted by Crippen LogP contribution is 2.34. The smallest absolute Gasteiger partial charge is 0.405 e. The zero-order valence-electron chi connectivity index (χ0n) is 15.7. The van der Waals surface area contributed by atoms with E-state index in [-0.39, 0.29) is 5.92 Å². The molecular weight excluding hydrogens is 314 g/mol. The molecule has 0 heterocycles. The first-order valence-electron chi connectivity index (χ1n) is 8.31. The maximum Gasteiger partial charge on any atom is 0.405 e. The van der Waals surface area contributed by atoms with E-state index in [2.05, 4.69) is 29.0 Å². The highest BCUT2D eigenvalue weighted by Gasteiger charge is 2.29. The van der Waals surface area contributed by atoms with Gasteiger partial charge >= 0.3 is 6.09 Å². The molecule has 0 aromatic heterocycles. The third-order valence-corrected chi connectivity index (χ3v) is 3.38. The highest BCUT2D eigenvalue weighted by atomic mass is 16.6. The van der Waals surface area contributed by atoms with Gasteiger partial charge in [0.15, 0.2) is 0 Å². The fourth-order valence-electron chi connectivity index (χ4n) is 2.60. The lowest BCUT2D eigenvalue weighted by atomic mass is 9.79. The number of ether oxygens (including phenoxy) is 1. The van der Waals surface area contributed by atoms with E-state index in [0.717, 1.165) is 11.1 Å². The van der Waals surface area contributed by atoms with Crippen LogP contribution in [0.25, 0.3) is 0 Å². The SMILES string of the molecule is CC(C)(C)OC(N)=O.CC(C)(O)C(c1ccccc1)c1ccccc1. The first-order valence-corrected chi connectivity index (χ1v) is 8.31. The molecule has 0 unspecified atom stereocenters. The van der Waals surface area contributed by atoms with Gasteiger partial charge < -0.3 is 15.6 Å². The number of nitrogens with two attached hydrogens (primary N) is 1. The third kappa shape index (κ3) is 7.86. The maximum atomic E-state index is 10.4. The molecule has 0 fully saturated rings. The second-order valence-electron chi connectivity index (χ2n) is 7.44. The number of carbonyl (C=O) groups is 1. The van der Waals surface area contributed by atoms with Crippen molar-refractivity contribution in [2.75, 3.05) is 0 Å². The fraction of sp³-hybridized carbons (Fsp3) is 0.381. The summed E-state index contributed by atoms with van der Waals surface area (Å²) in [4.78, 5) is 10.0. The summed E-state index contributed by atoms with van der Waals surface area (Å²) in [5.74, 6) is 0.00454. The number of carbonyl (C=O) groups excluding carboxylic acids is 1. The van der Waals surface area contributed by atoms with E-state index < -0.39 is 17.3 Å². The standard InChI is InChI=1S/C16H18O.C5H11NO2/c1-16(2,17)15(13-9-5-3-6-10-13)14-11-7-4-8-12-14;1-5(2,3)8-4(6)7/h3-12,15,17H,1-2H3;1-3H3,(H2,6,7). The zero-order chi connectivity index (χ0) is 19.1. The first kappa shape index (κ1) is 20.7. The Morgan fingerprint density at radius 3 is 1.44 bits per heavy atom. The lowest BCUT2D eigenvalue weighted by molar-refractivity contribution is 0.0597. The van der Waals surface area contributed by atoms with Gasteiger partial charge in [0.2, 0.25) is 0 Å². The van der Waals surface area contributed by atoms with Crippen LogP contribution in [0, 0.1) is 0 Å². The molecule has 2 aromatic carbocycles.